The van der Waals surface area contributed by atoms with E-state index in [1.807, 2.05) is 34.9 Å². The van der Waals surface area contributed by atoms with Gasteiger partial charge in [0.2, 0.25) is 0 Å². The molecule has 1 aromatic rings. The van der Waals surface area contributed by atoms with Crippen LogP contribution in [0.4, 0.5) is 16.2 Å². The maximum atomic E-state index is 12.8. The molecule has 5 nitrogen and oxygen atoms in total. The summed E-state index contributed by atoms with van der Waals surface area (Å²) in [6.07, 6.45) is 0. The molecule has 2 aliphatic rings. The van der Waals surface area contributed by atoms with E-state index in [4.69, 9.17) is 16.3 Å². The molecule has 0 radical (unpaired) electrons. The van der Waals surface area contributed by atoms with Gasteiger partial charge in [-0.15, -0.1) is 0 Å². The van der Waals surface area contributed by atoms with Crippen molar-refractivity contribution in [1.82, 2.24) is 4.90 Å². The lowest BCUT2D eigenvalue weighted by Crippen LogP contribution is -2.49. The smallest absolute Gasteiger partial charge is 0.322 e. The van der Waals surface area contributed by atoms with E-state index in [0.29, 0.717) is 23.5 Å². The van der Waals surface area contributed by atoms with Crippen LogP contribution in [0.1, 0.15) is 13.8 Å². The Kier molecular flexibility index (Phi) is 5.79. The van der Waals surface area contributed by atoms with E-state index in [0.717, 1.165) is 36.8 Å². The van der Waals surface area contributed by atoms with Crippen molar-refractivity contribution in [2.45, 2.75) is 25.1 Å². The largest absolute Gasteiger partial charge is 0.378 e. The van der Waals surface area contributed by atoms with E-state index < -0.39 is 0 Å². The summed E-state index contributed by atoms with van der Waals surface area (Å²) < 4.78 is 5.42. The summed E-state index contributed by atoms with van der Waals surface area (Å²) >= 11 is 8.35. The molecular weight excluding hydrogens is 346 g/mol. The number of para-hydroxylation sites is 1. The Balaban J connectivity index is 1.79. The van der Waals surface area contributed by atoms with Crippen LogP contribution < -0.4 is 10.2 Å². The predicted octanol–water partition coefficient (Wildman–Crippen LogP) is 3.53. The number of halogens is 1. The number of nitrogens with zero attached hydrogens (tertiary/aromatic N) is 2. The summed E-state index contributed by atoms with van der Waals surface area (Å²) in [6.45, 7) is 7.97. The number of nitrogens with one attached hydrogen (secondary N) is 1. The topological polar surface area (TPSA) is 44.8 Å². The molecule has 2 aliphatic heterocycles. The highest BCUT2D eigenvalue weighted by atomic mass is 35.5. The van der Waals surface area contributed by atoms with Crippen LogP contribution in [0.2, 0.25) is 5.02 Å². The first kappa shape index (κ1) is 17.7. The third kappa shape index (κ3) is 3.76. The zero-order valence-corrected chi connectivity index (χ0v) is 15.7. The van der Waals surface area contributed by atoms with Gasteiger partial charge in [0, 0.05) is 36.7 Å². The monoisotopic (exact) mass is 369 g/mol. The minimum atomic E-state index is -0.0496. The molecule has 2 heterocycles. The average molecular weight is 370 g/mol. The molecule has 7 heteroatoms. The van der Waals surface area contributed by atoms with E-state index in [1.54, 1.807) is 0 Å². The van der Waals surface area contributed by atoms with E-state index in [2.05, 4.69) is 24.1 Å². The molecule has 0 aliphatic carbocycles. The van der Waals surface area contributed by atoms with E-state index in [9.17, 15) is 4.79 Å². The Bertz CT molecular complexity index is 595. The van der Waals surface area contributed by atoms with Crippen LogP contribution >= 0.6 is 23.4 Å². The van der Waals surface area contributed by atoms with Crippen molar-refractivity contribution in [1.29, 1.82) is 0 Å². The highest BCUT2D eigenvalue weighted by molar-refractivity contribution is 8.00. The fourth-order valence-corrected chi connectivity index (χ4v) is 4.52. The molecule has 2 fully saturated rings. The SMILES string of the molecule is CC1SCCN(C(=O)Nc2cccc(Cl)c2N2CCOCC2)C1C. The summed E-state index contributed by atoms with van der Waals surface area (Å²) in [5, 5.41) is 4.18. The van der Waals surface area contributed by atoms with Gasteiger partial charge in [-0.2, -0.15) is 11.8 Å². The van der Waals surface area contributed by atoms with Crippen molar-refractivity contribution in [2.75, 3.05) is 48.8 Å². The van der Waals surface area contributed by atoms with Crippen molar-refractivity contribution in [3.05, 3.63) is 23.2 Å². The first-order chi connectivity index (χ1) is 11.6. The molecule has 0 bridgehead atoms. The summed E-state index contributed by atoms with van der Waals surface area (Å²) in [5.41, 5.74) is 1.66. The molecule has 24 heavy (non-hydrogen) atoms. The zero-order chi connectivity index (χ0) is 17.1. The zero-order valence-electron chi connectivity index (χ0n) is 14.1. The number of hydrogen-bond donors (Lipinski definition) is 1. The second-order valence-electron chi connectivity index (χ2n) is 6.18. The lowest BCUT2D eigenvalue weighted by atomic mass is 10.2. The Labute approximate surface area is 152 Å². The van der Waals surface area contributed by atoms with Gasteiger partial charge >= 0.3 is 6.03 Å². The number of urea groups is 1. The molecule has 0 saturated carbocycles. The van der Waals surface area contributed by atoms with Crippen molar-refractivity contribution >= 4 is 40.8 Å². The molecule has 2 saturated heterocycles. The van der Waals surface area contributed by atoms with Gasteiger partial charge in [0.05, 0.1) is 29.6 Å². The second-order valence-corrected chi connectivity index (χ2v) is 8.07. The fourth-order valence-electron chi connectivity index (χ4n) is 3.13. The highest BCUT2D eigenvalue weighted by Gasteiger charge is 2.29. The lowest BCUT2D eigenvalue weighted by molar-refractivity contribution is 0.123. The molecule has 0 aromatic heterocycles. The third-order valence-electron chi connectivity index (χ3n) is 4.70. The number of rotatable bonds is 2. The van der Waals surface area contributed by atoms with Crippen molar-refractivity contribution in [3.63, 3.8) is 0 Å². The van der Waals surface area contributed by atoms with Crippen LogP contribution in [0.3, 0.4) is 0 Å². The van der Waals surface area contributed by atoms with Crippen molar-refractivity contribution < 1.29 is 9.53 Å². The van der Waals surface area contributed by atoms with Crippen LogP contribution in [0, 0.1) is 0 Å². The van der Waals surface area contributed by atoms with Gasteiger partial charge in [-0.25, -0.2) is 4.79 Å². The Morgan fingerprint density at radius 1 is 1.29 bits per heavy atom. The Hall–Kier alpha value is -1.11. The summed E-state index contributed by atoms with van der Waals surface area (Å²) in [7, 11) is 0. The number of carbonyl (C=O) groups is 1. The van der Waals surface area contributed by atoms with Crippen LogP contribution in [0.5, 0.6) is 0 Å². The average Bonchev–Trinajstić information content (AvgIpc) is 2.58. The number of thioether (sulfide) groups is 1. The third-order valence-corrected chi connectivity index (χ3v) is 6.34. The standard InChI is InChI=1S/C17H24ClN3O2S/c1-12-13(2)24-11-8-21(12)17(22)19-15-5-3-4-14(18)16(15)20-6-9-23-10-7-20/h3-5,12-13H,6-11H2,1-2H3,(H,19,22). The van der Waals surface area contributed by atoms with E-state index in [-0.39, 0.29) is 12.1 Å². The molecule has 2 atom stereocenters. The van der Waals surface area contributed by atoms with Crippen molar-refractivity contribution in [2.24, 2.45) is 0 Å². The van der Waals surface area contributed by atoms with Crippen molar-refractivity contribution in [3.8, 4) is 0 Å². The molecule has 0 spiro atoms. The molecule has 132 valence electrons. The number of benzene rings is 1. The summed E-state index contributed by atoms with van der Waals surface area (Å²) in [4.78, 5) is 16.9. The normalized spacial score (nSPS) is 24.8. The summed E-state index contributed by atoms with van der Waals surface area (Å²) in [5.74, 6) is 0.977. The number of amides is 2. The first-order valence-electron chi connectivity index (χ1n) is 8.38. The van der Waals surface area contributed by atoms with Gasteiger partial charge in [-0.05, 0) is 19.1 Å². The lowest BCUT2D eigenvalue weighted by Gasteiger charge is -2.38. The molecule has 2 amide bonds. The van der Waals surface area contributed by atoms with E-state index in [1.165, 1.54) is 0 Å². The highest BCUT2D eigenvalue weighted by Crippen LogP contribution is 2.35. The maximum absolute atomic E-state index is 12.8. The number of hydrogen-bond acceptors (Lipinski definition) is 4. The maximum Gasteiger partial charge on any atom is 0.322 e. The van der Waals surface area contributed by atoms with Gasteiger partial charge in [0.1, 0.15) is 0 Å². The van der Waals surface area contributed by atoms with Crippen LogP contribution in [-0.4, -0.2) is 60.8 Å². The quantitative estimate of drug-likeness (QED) is 0.866. The van der Waals surface area contributed by atoms with Gasteiger partial charge in [0.15, 0.2) is 0 Å². The van der Waals surface area contributed by atoms with Gasteiger partial charge < -0.3 is 19.9 Å². The van der Waals surface area contributed by atoms with Gasteiger partial charge in [0.25, 0.3) is 0 Å². The first-order valence-corrected chi connectivity index (χ1v) is 9.81. The van der Waals surface area contributed by atoms with Crippen LogP contribution in [-0.2, 0) is 4.74 Å². The molecular formula is C17H24ClN3O2S. The number of ether oxygens (including phenoxy) is 1. The minimum absolute atomic E-state index is 0.0496. The fraction of sp³-hybridized carbons (Fsp3) is 0.588. The van der Waals surface area contributed by atoms with Gasteiger partial charge in [-0.3, -0.25) is 0 Å². The number of carbonyl (C=O) groups excluding carboxylic acids is 1. The molecule has 1 aromatic carbocycles. The van der Waals surface area contributed by atoms with Crippen LogP contribution in [0.15, 0.2) is 18.2 Å². The number of anilines is 2. The van der Waals surface area contributed by atoms with Crippen LogP contribution in [0.25, 0.3) is 0 Å². The number of morpholine rings is 1. The van der Waals surface area contributed by atoms with E-state index >= 15 is 0 Å². The minimum Gasteiger partial charge on any atom is -0.378 e. The predicted molar refractivity (Wildman–Crippen MR) is 102 cm³/mol. The molecule has 1 N–H and O–H groups in total. The summed E-state index contributed by atoms with van der Waals surface area (Å²) in [6, 6.07) is 5.83. The molecule has 3 rings (SSSR count). The molecule has 2 unspecified atom stereocenters. The Morgan fingerprint density at radius 2 is 2.04 bits per heavy atom. The second kappa shape index (κ2) is 7.85. The Morgan fingerprint density at radius 3 is 2.79 bits per heavy atom. The van der Waals surface area contributed by atoms with Gasteiger partial charge in [-0.1, -0.05) is 24.6 Å².